The minimum Gasteiger partial charge on any atom is -0.490 e. The summed E-state index contributed by atoms with van der Waals surface area (Å²) in [5.74, 6) is -0.831. The largest absolute Gasteiger partial charge is 0.516 e. The second kappa shape index (κ2) is 15.9. The van der Waals surface area contributed by atoms with Gasteiger partial charge in [-0.15, -0.1) is 0 Å². The Labute approximate surface area is 261 Å². The van der Waals surface area contributed by atoms with Crippen LogP contribution in [0.15, 0.2) is 24.3 Å². The standard InChI is InChI=1S/C31H49N3O9S/c1-5-6-20-44(39,40)32-27(28(35)36)21-24-12-14-25(15-13-24)41-23-26-22-33(29(37)42-26)16-8-11-19-34(17-9-7-10-18-34)30(38)43-31(2,3)4/h12-15,26-27,32H,5-11,16-23H2,1-4H3/p+1. The number of piperidine rings is 1. The molecular formula is C31H50N3O9S+. The number of carbonyl (C=O) groups is 3. The van der Waals surface area contributed by atoms with Crippen molar-refractivity contribution in [1.82, 2.24) is 9.62 Å². The molecule has 13 heteroatoms. The van der Waals surface area contributed by atoms with Crippen LogP contribution in [-0.2, 0) is 30.7 Å². The Hall–Kier alpha value is -2.90. The van der Waals surface area contributed by atoms with Crippen LogP contribution in [-0.4, -0.2) is 104 Å². The van der Waals surface area contributed by atoms with E-state index in [-0.39, 0.29) is 31.0 Å². The maximum atomic E-state index is 13.0. The number of quaternary nitrogens is 1. The van der Waals surface area contributed by atoms with Gasteiger partial charge in [-0.3, -0.25) is 4.79 Å². The number of ether oxygens (including phenoxy) is 3. The average molecular weight is 641 g/mol. The summed E-state index contributed by atoms with van der Waals surface area (Å²) < 4.78 is 44.0. The molecular weight excluding hydrogens is 590 g/mol. The zero-order chi connectivity index (χ0) is 32.4. The molecule has 2 amide bonds. The first-order valence-corrected chi connectivity index (χ1v) is 17.4. The molecule has 248 valence electrons. The van der Waals surface area contributed by atoms with Gasteiger partial charge in [0.05, 0.1) is 31.9 Å². The van der Waals surface area contributed by atoms with Crippen molar-refractivity contribution < 1.29 is 46.6 Å². The number of amides is 2. The second-order valence-corrected chi connectivity index (χ2v) is 14.7. The quantitative estimate of drug-likeness (QED) is 0.199. The topological polar surface area (TPSA) is 149 Å². The van der Waals surface area contributed by atoms with Gasteiger partial charge in [0.25, 0.3) is 0 Å². The number of carbonyl (C=O) groups excluding carboxylic acids is 2. The van der Waals surface area contributed by atoms with Gasteiger partial charge in [-0.1, -0.05) is 25.5 Å². The van der Waals surface area contributed by atoms with E-state index in [1.165, 1.54) is 0 Å². The molecule has 0 aliphatic carbocycles. The number of likely N-dealkylation sites (tertiary alicyclic amines) is 1. The molecule has 1 aromatic carbocycles. The fourth-order valence-electron chi connectivity index (χ4n) is 5.47. The Morgan fingerprint density at radius 1 is 1.11 bits per heavy atom. The van der Waals surface area contributed by atoms with E-state index < -0.39 is 33.7 Å². The van der Waals surface area contributed by atoms with E-state index >= 15 is 0 Å². The average Bonchev–Trinajstić information content (AvgIpc) is 3.32. The Morgan fingerprint density at radius 2 is 1.80 bits per heavy atom. The number of nitrogens with one attached hydrogen (secondary N) is 1. The number of nitrogens with zero attached hydrogens (tertiary/aromatic N) is 2. The zero-order valence-electron chi connectivity index (χ0n) is 26.6. The molecule has 44 heavy (non-hydrogen) atoms. The number of sulfonamides is 1. The molecule has 2 aliphatic rings. The van der Waals surface area contributed by atoms with E-state index in [0.29, 0.717) is 48.3 Å². The van der Waals surface area contributed by atoms with Gasteiger partial charge in [0, 0.05) is 6.54 Å². The molecule has 3 rings (SSSR count). The van der Waals surface area contributed by atoms with Gasteiger partial charge in [-0.25, -0.2) is 22.4 Å². The summed E-state index contributed by atoms with van der Waals surface area (Å²) in [5.41, 5.74) is 0.111. The summed E-state index contributed by atoms with van der Waals surface area (Å²) >= 11 is 0. The van der Waals surface area contributed by atoms with Crippen LogP contribution < -0.4 is 9.46 Å². The van der Waals surface area contributed by atoms with Gasteiger partial charge in [-0.2, -0.15) is 4.79 Å². The van der Waals surface area contributed by atoms with Crippen molar-refractivity contribution in [1.29, 1.82) is 0 Å². The minimum absolute atomic E-state index is 0.00601. The lowest BCUT2D eigenvalue weighted by Gasteiger charge is -2.39. The highest BCUT2D eigenvalue weighted by Gasteiger charge is 2.41. The van der Waals surface area contributed by atoms with Crippen molar-refractivity contribution in [3.63, 3.8) is 0 Å². The molecule has 2 saturated heterocycles. The molecule has 0 aromatic heterocycles. The number of unbranched alkanes of at least 4 members (excludes halogenated alkanes) is 2. The molecule has 2 atom stereocenters. The Kier molecular flexibility index (Phi) is 12.9. The minimum atomic E-state index is -3.69. The molecule has 2 fully saturated rings. The van der Waals surface area contributed by atoms with Gasteiger partial charge in [0.1, 0.15) is 24.0 Å². The first kappa shape index (κ1) is 35.6. The highest BCUT2D eigenvalue weighted by molar-refractivity contribution is 7.89. The van der Waals surface area contributed by atoms with E-state index in [2.05, 4.69) is 4.72 Å². The molecule has 0 radical (unpaired) electrons. The third-order valence-corrected chi connectivity index (χ3v) is 9.32. The molecule has 0 spiro atoms. The summed E-state index contributed by atoms with van der Waals surface area (Å²) in [6.07, 6.45) is 4.85. The predicted molar refractivity (Wildman–Crippen MR) is 165 cm³/mol. The molecule has 2 N–H and O–H groups in total. The monoisotopic (exact) mass is 640 g/mol. The highest BCUT2D eigenvalue weighted by Crippen LogP contribution is 2.25. The molecule has 12 nitrogen and oxygen atoms in total. The van der Waals surface area contributed by atoms with Crippen LogP contribution in [0.25, 0.3) is 0 Å². The highest BCUT2D eigenvalue weighted by atomic mass is 32.2. The lowest BCUT2D eigenvalue weighted by atomic mass is 10.1. The zero-order valence-corrected chi connectivity index (χ0v) is 27.4. The lowest BCUT2D eigenvalue weighted by Crippen LogP contribution is -2.57. The lowest BCUT2D eigenvalue weighted by molar-refractivity contribution is -0.863. The third kappa shape index (κ3) is 11.2. The molecule has 2 aliphatic heterocycles. The number of hydrogen-bond acceptors (Lipinski definition) is 8. The predicted octanol–water partition coefficient (Wildman–Crippen LogP) is 4.32. The maximum Gasteiger partial charge on any atom is 0.516 e. The summed E-state index contributed by atoms with van der Waals surface area (Å²) in [5, 5.41) is 9.51. The Bertz CT molecular complexity index is 1210. The number of benzene rings is 1. The van der Waals surface area contributed by atoms with Crippen molar-refractivity contribution in [2.45, 2.75) is 96.8 Å². The Balaban J connectivity index is 1.43. The number of hydrogen-bond donors (Lipinski definition) is 2. The van der Waals surface area contributed by atoms with Crippen LogP contribution in [0.1, 0.15) is 78.2 Å². The van der Waals surface area contributed by atoms with E-state index in [4.69, 9.17) is 14.2 Å². The van der Waals surface area contributed by atoms with E-state index in [1.807, 2.05) is 27.7 Å². The van der Waals surface area contributed by atoms with Crippen molar-refractivity contribution >= 4 is 28.2 Å². The van der Waals surface area contributed by atoms with Gasteiger partial charge < -0.3 is 24.2 Å². The van der Waals surface area contributed by atoms with Crippen LogP contribution in [0.4, 0.5) is 9.59 Å². The molecule has 1 aromatic rings. The Morgan fingerprint density at radius 3 is 2.41 bits per heavy atom. The first-order valence-electron chi connectivity index (χ1n) is 15.7. The van der Waals surface area contributed by atoms with E-state index in [0.717, 1.165) is 45.2 Å². The van der Waals surface area contributed by atoms with Crippen LogP contribution in [0, 0.1) is 0 Å². The van der Waals surface area contributed by atoms with Crippen LogP contribution in [0.5, 0.6) is 5.75 Å². The maximum absolute atomic E-state index is 13.0. The van der Waals surface area contributed by atoms with Gasteiger partial charge in [-0.05, 0) is 83.4 Å². The third-order valence-electron chi connectivity index (χ3n) is 7.85. The van der Waals surface area contributed by atoms with Crippen molar-refractivity contribution in [2.24, 2.45) is 0 Å². The van der Waals surface area contributed by atoms with Crippen molar-refractivity contribution in [3.05, 3.63) is 29.8 Å². The fraction of sp³-hybridized carbons (Fsp3) is 0.710. The molecule has 2 unspecified atom stereocenters. The number of cyclic esters (lactones) is 1. The summed E-state index contributed by atoms with van der Waals surface area (Å²) in [4.78, 5) is 38.8. The van der Waals surface area contributed by atoms with Crippen molar-refractivity contribution in [2.75, 3.05) is 45.1 Å². The van der Waals surface area contributed by atoms with E-state index in [1.54, 1.807) is 29.2 Å². The molecule has 0 saturated carbocycles. The van der Waals surface area contributed by atoms with Crippen LogP contribution >= 0.6 is 0 Å². The number of rotatable bonds is 16. The summed E-state index contributed by atoms with van der Waals surface area (Å²) in [6.45, 7) is 10.9. The number of carboxylic acids is 1. The van der Waals surface area contributed by atoms with Gasteiger partial charge in [0.2, 0.25) is 10.0 Å². The summed E-state index contributed by atoms with van der Waals surface area (Å²) in [6, 6.07) is 5.47. The van der Waals surface area contributed by atoms with Crippen LogP contribution in [0.2, 0.25) is 0 Å². The first-order chi connectivity index (χ1) is 20.7. The van der Waals surface area contributed by atoms with Crippen molar-refractivity contribution in [3.8, 4) is 5.75 Å². The number of carboxylic acid groups (broad SMARTS) is 1. The van der Waals surface area contributed by atoms with Gasteiger partial charge >= 0.3 is 18.2 Å². The number of aliphatic carboxylic acids is 1. The second-order valence-electron chi connectivity index (χ2n) is 12.9. The SMILES string of the molecule is CCCCS(=O)(=O)NC(Cc1ccc(OCC2CN(CCCC[N+]3(C(=O)OC(C)(C)C)CCCCC3)C(=O)O2)cc1)C(=O)O. The fourth-order valence-corrected chi connectivity index (χ4v) is 6.88. The van der Waals surface area contributed by atoms with Crippen LogP contribution in [0.3, 0.4) is 0 Å². The summed E-state index contributed by atoms with van der Waals surface area (Å²) in [7, 11) is -3.69. The van der Waals surface area contributed by atoms with Gasteiger partial charge in [0.15, 0.2) is 6.10 Å². The molecule has 2 heterocycles. The smallest absolute Gasteiger partial charge is 0.490 e. The normalized spacial score (nSPS) is 19.3. The molecule has 0 bridgehead atoms. The van der Waals surface area contributed by atoms with E-state index in [9.17, 15) is 27.9 Å².